The van der Waals surface area contributed by atoms with Crippen molar-refractivity contribution in [1.29, 1.82) is 0 Å². The molecule has 3 heterocycles. The second-order valence-corrected chi connectivity index (χ2v) is 14.2. The summed E-state index contributed by atoms with van der Waals surface area (Å²) < 4.78 is 4.71. The molecule has 0 fully saturated rings. The highest BCUT2D eigenvalue weighted by Gasteiger charge is 2.22. The molecule has 0 saturated carbocycles. The summed E-state index contributed by atoms with van der Waals surface area (Å²) in [6, 6.07) is 65.4. The van der Waals surface area contributed by atoms with Gasteiger partial charge in [0.1, 0.15) is 0 Å². The lowest BCUT2D eigenvalue weighted by Gasteiger charge is -2.15. The van der Waals surface area contributed by atoms with Crippen molar-refractivity contribution in [1.82, 2.24) is 19.1 Å². The molecule has 0 aliphatic rings. The summed E-state index contributed by atoms with van der Waals surface area (Å²) in [7, 11) is 0. The molecule has 54 heavy (non-hydrogen) atoms. The van der Waals surface area contributed by atoms with Gasteiger partial charge in [-0.1, -0.05) is 140 Å². The lowest BCUT2D eigenvalue weighted by molar-refractivity contribution is 1.01. The van der Waals surface area contributed by atoms with E-state index in [0.717, 1.165) is 44.4 Å². The van der Waals surface area contributed by atoms with Gasteiger partial charge in [-0.05, 0) is 69.4 Å². The second-order valence-electron chi connectivity index (χ2n) is 14.2. The summed E-state index contributed by atoms with van der Waals surface area (Å²) in [6.07, 6.45) is 0. The Kier molecular flexibility index (Phi) is 6.02. The van der Waals surface area contributed by atoms with Crippen molar-refractivity contribution >= 4 is 86.8 Å². The average molecular weight is 687 g/mol. The van der Waals surface area contributed by atoms with Gasteiger partial charge in [0.25, 0.3) is 0 Å². The van der Waals surface area contributed by atoms with Gasteiger partial charge in [0.15, 0.2) is 0 Å². The third-order valence-electron chi connectivity index (χ3n) is 11.3. The van der Waals surface area contributed by atoms with E-state index in [2.05, 4.69) is 191 Å². The van der Waals surface area contributed by atoms with E-state index in [-0.39, 0.29) is 0 Å². The van der Waals surface area contributed by atoms with Gasteiger partial charge in [0, 0.05) is 43.6 Å². The number of benzene rings is 9. The predicted octanol–water partition coefficient (Wildman–Crippen LogP) is 13.0. The molecule has 0 unspecified atom stereocenters. The van der Waals surface area contributed by atoms with E-state index >= 15 is 0 Å². The van der Waals surface area contributed by atoms with Crippen molar-refractivity contribution in [2.45, 2.75) is 0 Å². The van der Waals surface area contributed by atoms with Crippen LogP contribution >= 0.6 is 0 Å². The van der Waals surface area contributed by atoms with Gasteiger partial charge in [-0.2, -0.15) is 0 Å². The maximum absolute atomic E-state index is 5.56. The van der Waals surface area contributed by atoms with Crippen molar-refractivity contribution in [3.8, 4) is 22.9 Å². The fourth-order valence-electron chi connectivity index (χ4n) is 8.92. The first-order valence-corrected chi connectivity index (χ1v) is 18.4. The Bertz CT molecular complexity index is 3500. The van der Waals surface area contributed by atoms with Crippen LogP contribution in [0.2, 0.25) is 0 Å². The smallest absolute Gasteiger partial charge is 0.235 e. The first kappa shape index (κ1) is 29.3. The molecule has 0 bridgehead atoms. The van der Waals surface area contributed by atoms with Gasteiger partial charge in [-0.15, -0.1) is 0 Å². The second kappa shape index (κ2) is 11.1. The summed E-state index contributed by atoms with van der Waals surface area (Å²) in [5.74, 6) is 0.652. The Morgan fingerprint density at radius 3 is 1.81 bits per heavy atom. The third-order valence-corrected chi connectivity index (χ3v) is 11.3. The maximum atomic E-state index is 5.56. The van der Waals surface area contributed by atoms with E-state index in [1.54, 1.807) is 0 Å². The molecule has 12 aromatic rings. The lowest BCUT2D eigenvalue weighted by atomic mass is 9.94. The summed E-state index contributed by atoms with van der Waals surface area (Å²) >= 11 is 0. The minimum absolute atomic E-state index is 0.652. The van der Waals surface area contributed by atoms with Gasteiger partial charge in [0.05, 0.1) is 33.3 Å². The molecule has 4 heteroatoms. The number of aromatic nitrogens is 4. The highest BCUT2D eigenvalue weighted by atomic mass is 15.2. The van der Waals surface area contributed by atoms with Crippen LogP contribution < -0.4 is 0 Å². The van der Waals surface area contributed by atoms with Gasteiger partial charge >= 0.3 is 0 Å². The van der Waals surface area contributed by atoms with Crippen LogP contribution in [0.15, 0.2) is 182 Å². The predicted molar refractivity (Wildman–Crippen MR) is 226 cm³/mol. The van der Waals surface area contributed by atoms with E-state index in [9.17, 15) is 0 Å². The number of fused-ring (bicyclic) bond motifs is 12. The quantitative estimate of drug-likeness (QED) is 0.173. The number of nitrogens with zero attached hydrogens (tertiary/aromatic N) is 4. The van der Waals surface area contributed by atoms with Gasteiger partial charge < -0.3 is 4.57 Å². The average Bonchev–Trinajstić information content (AvgIpc) is 3.74. The highest BCUT2D eigenvalue weighted by molar-refractivity contribution is 6.23. The van der Waals surface area contributed by atoms with Crippen LogP contribution in [0, 0.1) is 0 Å². The Balaban J connectivity index is 1.23. The van der Waals surface area contributed by atoms with E-state index < -0.39 is 0 Å². The largest absolute Gasteiger partial charge is 0.309 e. The van der Waals surface area contributed by atoms with Gasteiger partial charge in [-0.3, -0.25) is 4.57 Å². The van der Waals surface area contributed by atoms with Crippen LogP contribution in [0.3, 0.4) is 0 Å². The number of para-hydroxylation sites is 3. The Morgan fingerprint density at radius 1 is 0.333 bits per heavy atom. The maximum Gasteiger partial charge on any atom is 0.235 e. The van der Waals surface area contributed by atoms with E-state index in [1.807, 2.05) is 0 Å². The monoisotopic (exact) mass is 686 g/mol. The topological polar surface area (TPSA) is 35.6 Å². The Labute approximate surface area is 309 Å². The molecule has 0 spiro atoms. The van der Waals surface area contributed by atoms with Crippen molar-refractivity contribution in [3.63, 3.8) is 0 Å². The number of hydrogen-bond donors (Lipinski definition) is 0. The molecule has 4 nitrogen and oxygen atoms in total. The molecule has 12 rings (SSSR count). The zero-order valence-corrected chi connectivity index (χ0v) is 29.1. The van der Waals surface area contributed by atoms with Crippen molar-refractivity contribution < 1.29 is 0 Å². The van der Waals surface area contributed by atoms with Gasteiger partial charge in [-0.25, -0.2) is 9.97 Å². The van der Waals surface area contributed by atoms with Crippen LogP contribution in [-0.2, 0) is 0 Å². The fraction of sp³-hybridized carbons (Fsp3) is 0. The van der Waals surface area contributed by atoms with E-state index in [0.29, 0.717) is 5.95 Å². The molecular weight excluding hydrogens is 657 g/mol. The van der Waals surface area contributed by atoms with Crippen molar-refractivity contribution in [2.24, 2.45) is 0 Å². The molecular formula is C50H30N4. The molecule has 0 N–H and O–H groups in total. The minimum Gasteiger partial charge on any atom is -0.309 e. The van der Waals surface area contributed by atoms with Crippen LogP contribution in [0.4, 0.5) is 0 Å². The molecule has 0 amide bonds. The van der Waals surface area contributed by atoms with Crippen molar-refractivity contribution in [3.05, 3.63) is 182 Å². The SMILES string of the molecule is c1ccc(-n2c3cc4c(cc3c3ccc5ccccc5c32)c2ccccc2n4-c2nc(-c3cc4ccccc4c4ccccc34)c3ccccc3n2)cc1. The zero-order valence-electron chi connectivity index (χ0n) is 29.1. The summed E-state index contributed by atoms with van der Waals surface area (Å²) in [4.78, 5) is 10.9. The number of hydrogen-bond acceptors (Lipinski definition) is 2. The standard InChI is InChI=1S/C50H30N4/c1-2-16-33(17-3-1)53-46-30-47-41(29-42(46)39-27-26-31-14-4-7-19-35(31)49(39)53)38-22-11-13-25-45(38)54(47)50-51-44-24-12-10-23-40(44)48(52-50)43-28-32-15-5-6-18-34(32)36-20-8-9-21-37(36)43/h1-30H. The van der Waals surface area contributed by atoms with Crippen LogP contribution in [0.25, 0.3) is 110 Å². The first-order chi connectivity index (χ1) is 26.8. The molecule has 0 saturated heterocycles. The Morgan fingerprint density at radius 2 is 0.963 bits per heavy atom. The van der Waals surface area contributed by atoms with Gasteiger partial charge in [0.2, 0.25) is 5.95 Å². The van der Waals surface area contributed by atoms with E-state index in [4.69, 9.17) is 9.97 Å². The van der Waals surface area contributed by atoms with Crippen LogP contribution in [0.1, 0.15) is 0 Å². The Hall–Kier alpha value is -7.30. The molecule has 0 aliphatic carbocycles. The zero-order chi connectivity index (χ0) is 35.3. The normalized spacial score (nSPS) is 12.1. The highest BCUT2D eigenvalue weighted by Crippen LogP contribution is 2.42. The molecule has 250 valence electrons. The summed E-state index contributed by atoms with van der Waals surface area (Å²) in [5, 5.41) is 13.1. The molecule has 3 aromatic heterocycles. The summed E-state index contributed by atoms with van der Waals surface area (Å²) in [5.41, 5.74) is 8.56. The fourth-order valence-corrected chi connectivity index (χ4v) is 8.92. The lowest BCUT2D eigenvalue weighted by Crippen LogP contribution is -2.04. The van der Waals surface area contributed by atoms with E-state index in [1.165, 1.54) is 59.4 Å². The number of rotatable bonds is 3. The van der Waals surface area contributed by atoms with Crippen molar-refractivity contribution in [2.75, 3.05) is 0 Å². The molecule has 0 aliphatic heterocycles. The van der Waals surface area contributed by atoms with Crippen LogP contribution in [0.5, 0.6) is 0 Å². The van der Waals surface area contributed by atoms with Crippen LogP contribution in [-0.4, -0.2) is 19.1 Å². The first-order valence-electron chi connectivity index (χ1n) is 18.4. The molecule has 0 atom stereocenters. The summed E-state index contributed by atoms with van der Waals surface area (Å²) in [6.45, 7) is 0. The minimum atomic E-state index is 0.652. The molecule has 0 radical (unpaired) electrons. The third kappa shape index (κ3) is 4.08. The molecule has 9 aromatic carbocycles.